The molecule has 19 heavy (non-hydrogen) atoms. The highest BCUT2D eigenvalue weighted by Gasteiger charge is 2.08. The normalized spacial score (nSPS) is 10.9. The Bertz CT molecular complexity index is 753. The maximum Gasteiger partial charge on any atom is 0.255 e. The zero-order valence-corrected chi connectivity index (χ0v) is 10.5. The molecule has 0 N–H and O–H groups in total. The second kappa shape index (κ2) is 4.31. The Morgan fingerprint density at radius 3 is 2.84 bits per heavy atom. The number of aromatic nitrogens is 4. The summed E-state index contributed by atoms with van der Waals surface area (Å²) in [6.07, 6.45) is 1.41. The maximum absolute atomic E-state index is 13.2. The van der Waals surface area contributed by atoms with Crippen LogP contribution < -0.4 is 4.74 Å². The van der Waals surface area contributed by atoms with E-state index in [0.717, 1.165) is 5.69 Å². The minimum atomic E-state index is -0.260. The van der Waals surface area contributed by atoms with Gasteiger partial charge in [0.1, 0.15) is 17.9 Å². The molecule has 2 aromatic heterocycles. The number of benzene rings is 1. The predicted molar refractivity (Wildman–Crippen MR) is 66.7 cm³/mol. The third-order valence-electron chi connectivity index (χ3n) is 2.70. The molecular formula is C13H11FN4O. The van der Waals surface area contributed by atoms with Crippen molar-refractivity contribution in [3.8, 4) is 11.6 Å². The summed E-state index contributed by atoms with van der Waals surface area (Å²) in [6, 6.07) is 6.33. The van der Waals surface area contributed by atoms with Gasteiger partial charge >= 0.3 is 0 Å². The van der Waals surface area contributed by atoms with Gasteiger partial charge in [-0.25, -0.2) is 9.37 Å². The highest BCUT2D eigenvalue weighted by Crippen LogP contribution is 2.23. The summed E-state index contributed by atoms with van der Waals surface area (Å²) in [7, 11) is 0. The lowest BCUT2D eigenvalue weighted by Gasteiger charge is -2.08. The van der Waals surface area contributed by atoms with Crippen LogP contribution in [0.1, 0.15) is 11.3 Å². The summed E-state index contributed by atoms with van der Waals surface area (Å²) in [6.45, 7) is 3.53. The molecule has 0 radical (unpaired) electrons. The number of ether oxygens (including phenoxy) is 1. The molecule has 0 amide bonds. The quantitative estimate of drug-likeness (QED) is 0.709. The summed E-state index contributed by atoms with van der Waals surface area (Å²) >= 11 is 0. The van der Waals surface area contributed by atoms with Crippen LogP contribution in [0.4, 0.5) is 4.39 Å². The molecule has 0 aliphatic rings. The van der Waals surface area contributed by atoms with Crippen LogP contribution in [0.2, 0.25) is 0 Å². The first-order valence-corrected chi connectivity index (χ1v) is 5.75. The molecule has 6 heteroatoms. The van der Waals surface area contributed by atoms with Crippen LogP contribution in [0.5, 0.6) is 11.6 Å². The van der Waals surface area contributed by atoms with E-state index in [4.69, 9.17) is 4.74 Å². The Kier molecular flexibility index (Phi) is 2.63. The lowest BCUT2D eigenvalue weighted by molar-refractivity contribution is 0.443. The number of fused-ring (bicyclic) bond motifs is 1. The van der Waals surface area contributed by atoms with Crippen LogP contribution in [0.15, 0.2) is 30.6 Å². The third kappa shape index (κ3) is 2.12. The number of halogens is 1. The summed E-state index contributed by atoms with van der Waals surface area (Å²) in [4.78, 5) is 8.23. The van der Waals surface area contributed by atoms with E-state index in [0.29, 0.717) is 23.0 Å². The topological polar surface area (TPSA) is 52.3 Å². The van der Waals surface area contributed by atoms with Gasteiger partial charge in [0.15, 0.2) is 0 Å². The zero-order valence-electron chi connectivity index (χ0n) is 10.5. The minimum absolute atomic E-state index is 0.260. The average Bonchev–Trinajstić information content (AvgIpc) is 2.82. The van der Waals surface area contributed by atoms with E-state index in [9.17, 15) is 4.39 Å². The molecule has 5 nitrogen and oxygen atoms in total. The fourth-order valence-corrected chi connectivity index (χ4v) is 1.77. The van der Waals surface area contributed by atoms with Crippen molar-refractivity contribution in [3.05, 3.63) is 47.7 Å². The molecular weight excluding hydrogens is 247 g/mol. The number of hydrogen-bond donors (Lipinski definition) is 0. The summed E-state index contributed by atoms with van der Waals surface area (Å²) < 4.78 is 20.4. The van der Waals surface area contributed by atoms with Gasteiger partial charge in [-0.15, -0.1) is 0 Å². The highest BCUT2D eigenvalue weighted by molar-refractivity contribution is 5.37. The Labute approximate surface area is 108 Å². The van der Waals surface area contributed by atoms with Gasteiger partial charge in [0.05, 0.1) is 0 Å². The molecule has 0 unspecified atom stereocenters. The van der Waals surface area contributed by atoms with Crippen molar-refractivity contribution in [2.75, 3.05) is 0 Å². The van der Waals surface area contributed by atoms with E-state index in [1.807, 2.05) is 6.92 Å². The average molecular weight is 258 g/mol. The summed E-state index contributed by atoms with van der Waals surface area (Å²) in [5.41, 5.74) is 1.30. The van der Waals surface area contributed by atoms with Crippen molar-refractivity contribution in [2.45, 2.75) is 13.8 Å². The zero-order chi connectivity index (χ0) is 13.4. The lowest BCUT2D eigenvalue weighted by Crippen LogP contribution is -1.99. The molecule has 0 saturated carbocycles. The molecule has 0 bridgehead atoms. The maximum atomic E-state index is 13.2. The Balaban J connectivity index is 2.04. The Morgan fingerprint density at radius 1 is 1.21 bits per heavy atom. The van der Waals surface area contributed by atoms with E-state index in [1.165, 1.54) is 16.9 Å². The smallest absolute Gasteiger partial charge is 0.255 e. The van der Waals surface area contributed by atoms with Crippen molar-refractivity contribution >= 4 is 5.78 Å². The number of nitrogens with zero attached hydrogens (tertiary/aromatic N) is 4. The third-order valence-corrected chi connectivity index (χ3v) is 2.70. The van der Waals surface area contributed by atoms with Crippen LogP contribution >= 0.6 is 0 Å². The van der Waals surface area contributed by atoms with Gasteiger partial charge in [-0.3, -0.25) is 0 Å². The first-order chi connectivity index (χ1) is 9.13. The van der Waals surface area contributed by atoms with Gasteiger partial charge in [0, 0.05) is 11.8 Å². The SMILES string of the molecule is Cc1cc(Oc2ccc(F)c(C)c2)n2ncnc2n1. The van der Waals surface area contributed by atoms with Gasteiger partial charge in [-0.2, -0.15) is 14.6 Å². The van der Waals surface area contributed by atoms with Crippen LogP contribution in [0.3, 0.4) is 0 Å². The molecule has 0 fully saturated rings. The Morgan fingerprint density at radius 2 is 2.05 bits per heavy atom. The van der Waals surface area contributed by atoms with Crippen molar-refractivity contribution in [1.29, 1.82) is 0 Å². The largest absolute Gasteiger partial charge is 0.439 e. The number of hydrogen-bond acceptors (Lipinski definition) is 4. The fourth-order valence-electron chi connectivity index (χ4n) is 1.77. The van der Waals surface area contributed by atoms with Crippen molar-refractivity contribution in [1.82, 2.24) is 19.6 Å². The van der Waals surface area contributed by atoms with Crippen molar-refractivity contribution < 1.29 is 9.13 Å². The van der Waals surface area contributed by atoms with E-state index in [1.54, 1.807) is 25.1 Å². The van der Waals surface area contributed by atoms with Crippen LogP contribution in [0.25, 0.3) is 5.78 Å². The van der Waals surface area contributed by atoms with E-state index < -0.39 is 0 Å². The van der Waals surface area contributed by atoms with Gasteiger partial charge in [-0.05, 0) is 37.6 Å². The lowest BCUT2D eigenvalue weighted by atomic mass is 10.2. The Hall–Kier alpha value is -2.50. The van der Waals surface area contributed by atoms with Crippen LogP contribution in [-0.4, -0.2) is 19.6 Å². The molecule has 0 spiro atoms. The molecule has 3 rings (SSSR count). The van der Waals surface area contributed by atoms with Crippen molar-refractivity contribution in [2.24, 2.45) is 0 Å². The molecule has 1 aromatic carbocycles. The predicted octanol–water partition coefficient (Wildman–Crippen LogP) is 2.67. The van der Waals surface area contributed by atoms with Crippen LogP contribution in [0, 0.1) is 19.7 Å². The second-order valence-corrected chi connectivity index (χ2v) is 4.22. The summed E-state index contributed by atoms with van der Waals surface area (Å²) in [5, 5.41) is 4.04. The van der Waals surface area contributed by atoms with Gasteiger partial charge in [0.2, 0.25) is 5.88 Å². The number of rotatable bonds is 2. The van der Waals surface area contributed by atoms with E-state index >= 15 is 0 Å². The standard InChI is InChI=1S/C13H11FN4O/c1-8-5-10(3-4-11(8)14)19-12-6-9(2)17-13-15-7-16-18(12)13/h3-7H,1-2H3. The molecule has 0 saturated heterocycles. The molecule has 0 aliphatic carbocycles. The molecule has 2 heterocycles. The number of aryl methyl sites for hydroxylation is 2. The first-order valence-electron chi connectivity index (χ1n) is 5.75. The van der Waals surface area contributed by atoms with Gasteiger partial charge in [0.25, 0.3) is 5.78 Å². The van der Waals surface area contributed by atoms with E-state index in [2.05, 4.69) is 15.1 Å². The van der Waals surface area contributed by atoms with Crippen molar-refractivity contribution in [3.63, 3.8) is 0 Å². The van der Waals surface area contributed by atoms with Gasteiger partial charge in [-0.1, -0.05) is 0 Å². The summed E-state index contributed by atoms with van der Waals surface area (Å²) in [5.74, 6) is 1.24. The monoisotopic (exact) mass is 258 g/mol. The molecule has 96 valence electrons. The molecule has 3 aromatic rings. The fraction of sp³-hybridized carbons (Fsp3) is 0.154. The van der Waals surface area contributed by atoms with E-state index in [-0.39, 0.29) is 5.82 Å². The van der Waals surface area contributed by atoms with Crippen LogP contribution in [-0.2, 0) is 0 Å². The molecule has 0 atom stereocenters. The minimum Gasteiger partial charge on any atom is -0.439 e. The first kappa shape index (κ1) is 11.6. The second-order valence-electron chi connectivity index (χ2n) is 4.22. The molecule has 0 aliphatic heterocycles. The highest BCUT2D eigenvalue weighted by atomic mass is 19.1. The van der Waals surface area contributed by atoms with Gasteiger partial charge < -0.3 is 4.74 Å².